The molecule has 0 aliphatic heterocycles. The van der Waals surface area contributed by atoms with Gasteiger partial charge in [0.25, 0.3) is 0 Å². The summed E-state index contributed by atoms with van der Waals surface area (Å²) in [7, 11) is 1.62. The molecule has 18 heavy (non-hydrogen) atoms. The molecule has 2 aromatic rings. The Kier molecular flexibility index (Phi) is 2.90. The first kappa shape index (κ1) is 12.3. The molecule has 0 spiro atoms. The number of hydrogen-bond donors (Lipinski definition) is 1. The van der Waals surface area contributed by atoms with Crippen LogP contribution < -0.4 is 0 Å². The van der Waals surface area contributed by atoms with Gasteiger partial charge in [0, 0.05) is 12.6 Å². The fourth-order valence-electron chi connectivity index (χ4n) is 2.27. The quantitative estimate of drug-likeness (QED) is 0.879. The molecule has 0 amide bonds. The number of aryl methyl sites for hydroxylation is 4. The van der Waals surface area contributed by atoms with Crippen molar-refractivity contribution in [1.82, 2.24) is 15.0 Å². The Labute approximate surface area is 105 Å². The Hall–Kier alpha value is -2.17. The lowest BCUT2D eigenvalue weighted by molar-refractivity contribution is 0.0690. The summed E-state index contributed by atoms with van der Waals surface area (Å²) in [6.45, 7) is 5.92. The van der Waals surface area contributed by atoms with Crippen LogP contribution in [0.4, 0.5) is 0 Å². The van der Waals surface area contributed by atoms with E-state index in [0.29, 0.717) is 5.69 Å². The summed E-state index contributed by atoms with van der Waals surface area (Å²) in [5.41, 5.74) is 4.44. The lowest BCUT2D eigenvalue weighted by atomic mass is 9.96. The number of hydrogen-bond acceptors (Lipinski definition) is 3. The number of rotatable bonds is 2. The molecule has 0 fully saturated rings. The van der Waals surface area contributed by atoms with E-state index in [2.05, 4.69) is 10.2 Å². The molecule has 94 valence electrons. The van der Waals surface area contributed by atoms with Crippen molar-refractivity contribution in [2.75, 3.05) is 0 Å². The third kappa shape index (κ3) is 1.99. The molecule has 0 saturated carbocycles. The summed E-state index contributed by atoms with van der Waals surface area (Å²) < 4.78 is 0. The van der Waals surface area contributed by atoms with Gasteiger partial charge in [0.2, 0.25) is 0 Å². The average Bonchev–Trinajstić information content (AvgIpc) is 2.58. The van der Waals surface area contributed by atoms with Crippen molar-refractivity contribution < 1.29 is 9.90 Å². The van der Waals surface area contributed by atoms with Crippen LogP contribution in [-0.2, 0) is 7.05 Å². The van der Waals surface area contributed by atoms with Crippen molar-refractivity contribution >= 4 is 5.97 Å². The van der Waals surface area contributed by atoms with Crippen LogP contribution in [0.3, 0.4) is 0 Å². The molecule has 0 aliphatic carbocycles. The number of aromatic carboxylic acids is 1. The number of benzene rings is 1. The van der Waals surface area contributed by atoms with E-state index in [1.807, 2.05) is 32.9 Å². The van der Waals surface area contributed by atoms with Crippen LogP contribution in [-0.4, -0.2) is 26.1 Å². The zero-order valence-electron chi connectivity index (χ0n) is 10.9. The van der Waals surface area contributed by atoms with Crippen molar-refractivity contribution in [3.05, 3.63) is 34.5 Å². The van der Waals surface area contributed by atoms with E-state index >= 15 is 0 Å². The molecule has 5 heteroatoms. The smallest absolute Gasteiger partial charge is 0.358 e. The lowest BCUT2D eigenvalue weighted by Gasteiger charge is -2.09. The van der Waals surface area contributed by atoms with Crippen LogP contribution in [0.25, 0.3) is 11.3 Å². The Balaban J connectivity index is 2.73. The molecule has 0 unspecified atom stereocenters. The Morgan fingerprint density at radius 1 is 1.17 bits per heavy atom. The summed E-state index contributed by atoms with van der Waals surface area (Å²) in [6.07, 6.45) is 0. The van der Waals surface area contributed by atoms with E-state index in [0.717, 1.165) is 22.3 Å². The van der Waals surface area contributed by atoms with Crippen molar-refractivity contribution in [2.45, 2.75) is 20.8 Å². The molecule has 0 saturated heterocycles. The summed E-state index contributed by atoms with van der Waals surface area (Å²) in [6, 6.07) is 4.03. The minimum absolute atomic E-state index is 0.00690. The van der Waals surface area contributed by atoms with Crippen molar-refractivity contribution in [3.63, 3.8) is 0 Å². The SMILES string of the molecule is Cc1cc(C)c(-c2nn(C)nc2C(=O)O)c(C)c1. The second kappa shape index (κ2) is 4.25. The highest BCUT2D eigenvalue weighted by molar-refractivity contribution is 5.93. The number of carboxylic acids is 1. The summed E-state index contributed by atoms with van der Waals surface area (Å²) >= 11 is 0. The molecular formula is C13H15N3O2. The predicted molar refractivity (Wildman–Crippen MR) is 67.6 cm³/mol. The number of carboxylic acid groups (broad SMARTS) is 1. The number of carbonyl (C=O) groups is 1. The van der Waals surface area contributed by atoms with Crippen LogP contribution in [0, 0.1) is 20.8 Å². The van der Waals surface area contributed by atoms with Crippen molar-refractivity contribution in [2.24, 2.45) is 7.05 Å². The molecule has 1 heterocycles. The van der Waals surface area contributed by atoms with Gasteiger partial charge in [-0.15, -0.1) is 5.10 Å². The third-order valence-electron chi connectivity index (χ3n) is 2.83. The van der Waals surface area contributed by atoms with Gasteiger partial charge in [-0.3, -0.25) is 0 Å². The van der Waals surface area contributed by atoms with Gasteiger partial charge in [-0.05, 0) is 31.9 Å². The van der Waals surface area contributed by atoms with Gasteiger partial charge in [-0.2, -0.15) is 9.90 Å². The maximum absolute atomic E-state index is 11.2. The molecular weight excluding hydrogens is 230 g/mol. The van der Waals surface area contributed by atoms with Gasteiger partial charge in [0.1, 0.15) is 5.69 Å². The maximum atomic E-state index is 11.2. The highest BCUT2D eigenvalue weighted by atomic mass is 16.4. The zero-order valence-corrected chi connectivity index (χ0v) is 10.9. The van der Waals surface area contributed by atoms with Gasteiger partial charge >= 0.3 is 5.97 Å². The van der Waals surface area contributed by atoms with Crippen LogP contribution >= 0.6 is 0 Å². The second-order valence-corrected chi connectivity index (χ2v) is 4.47. The minimum Gasteiger partial charge on any atom is -0.476 e. The molecule has 0 atom stereocenters. The van der Waals surface area contributed by atoms with E-state index in [4.69, 9.17) is 5.11 Å². The Bertz CT molecular complexity index is 606. The molecule has 2 rings (SSSR count). The molecule has 1 N–H and O–H groups in total. The normalized spacial score (nSPS) is 10.7. The lowest BCUT2D eigenvalue weighted by Crippen LogP contribution is -2.01. The van der Waals surface area contributed by atoms with E-state index in [1.54, 1.807) is 7.05 Å². The van der Waals surface area contributed by atoms with Crippen LogP contribution in [0.5, 0.6) is 0 Å². The van der Waals surface area contributed by atoms with Crippen molar-refractivity contribution in [3.8, 4) is 11.3 Å². The van der Waals surface area contributed by atoms with E-state index in [9.17, 15) is 4.79 Å². The van der Waals surface area contributed by atoms with E-state index in [1.165, 1.54) is 4.80 Å². The fraction of sp³-hybridized carbons (Fsp3) is 0.308. The topological polar surface area (TPSA) is 68.0 Å². The van der Waals surface area contributed by atoms with Crippen molar-refractivity contribution in [1.29, 1.82) is 0 Å². The molecule has 1 aromatic heterocycles. The molecule has 5 nitrogen and oxygen atoms in total. The first-order chi connectivity index (χ1) is 8.40. The van der Waals surface area contributed by atoms with Gasteiger partial charge in [0.15, 0.2) is 5.69 Å². The third-order valence-corrected chi connectivity index (χ3v) is 2.83. The Morgan fingerprint density at radius 3 is 2.22 bits per heavy atom. The second-order valence-electron chi connectivity index (χ2n) is 4.47. The van der Waals surface area contributed by atoms with Gasteiger partial charge in [0.05, 0.1) is 0 Å². The van der Waals surface area contributed by atoms with E-state index < -0.39 is 5.97 Å². The van der Waals surface area contributed by atoms with Gasteiger partial charge < -0.3 is 5.11 Å². The van der Waals surface area contributed by atoms with E-state index in [-0.39, 0.29) is 5.69 Å². The first-order valence-corrected chi connectivity index (χ1v) is 5.63. The molecule has 0 aliphatic rings. The fourth-order valence-corrected chi connectivity index (χ4v) is 2.27. The molecule has 1 aromatic carbocycles. The summed E-state index contributed by atoms with van der Waals surface area (Å²) in [5, 5.41) is 17.2. The minimum atomic E-state index is -1.06. The molecule has 0 radical (unpaired) electrons. The van der Waals surface area contributed by atoms with Gasteiger partial charge in [-0.25, -0.2) is 4.79 Å². The number of aromatic nitrogens is 3. The summed E-state index contributed by atoms with van der Waals surface area (Å²) in [5.74, 6) is -1.06. The first-order valence-electron chi connectivity index (χ1n) is 5.63. The Morgan fingerprint density at radius 2 is 1.72 bits per heavy atom. The highest BCUT2D eigenvalue weighted by Crippen LogP contribution is 2.28. The highest BCUT2D eigenvalue weighted by Gasteiger charge is 2.21. The predicted octanol–water partition coefficient (Wildman–Crippen LogP) is 2.11. The maximum Gasteiger partial charge on any atom is 0.358 e. The molecule has 0 bridgehead atoms. The van der Waals surface area contributed by atoms with Crippen LogP contribution in [0.15, 0.2) is 12.1 Å². The largest absolute Gasteiger partial charge is 0.476 e. The standard InChI is InChI=1S/C13H15N3O2/c1-7-5-8(2)10(9(3)6-7)11-12(13(17)18)15-16(4)14-11/h5-6H,1-4H3,(H,17,18). The summed E-state index contributed by atoms with van der Waals surface area (Å²) in [4.78, 5) is 12.5. The average molecular weight is 245 g/mol. The number of nitrogens with zero attached hydrogens (tertiary/aromatic N) is 3. The van der Waals surface area contributed by atoms with Crippen LogP contribution in [0.1, 0.15) is 27.2 Å². The monoisotopic (exact) mass is 245 g/mol. The van der Waals surface area contributed by atoms with Gasteiger partial charge in [-0.1, -0.05) is 17.7 Å². The van der Waals surface area contributed by atoms with Crippen LogP contribution in [0.2, 0.25) is 0 Å². The zero-order chi connectivity index (χ0) is 13.4.